The zero-order valence-corrected chi connectivity index (χ0v) is 17.4. The van der Waals surface area contributed by atoms with Gasteiger partial charge in [0.15, 0.2) is 0 Å². The lowest BCUT2D eigenvalue weighted by Crippen LogP contribution is -2.49. The van der Waals surface area contributed by atoms with E-state index < -0.39 is 6.36 Å². The van der Waals surface area contributed by atoms with Gasteiger partial charge in [0.2, 0.25) is 5.91 Å². The van der Waals surface area contributed by atoms with Crippen LogP contribution in [-0.4, -0.2) is 67.9 Å². The lowest BCUT2D eigenvalue weighted by Gasteiger charge is -2.32. The van der Waals surface area contributed by atoms with Crippen LogP contribution in [0.4, 0.5) is 13.2 Å². The van der Waals surface area contributed by atoms with E-state index in [4.69, 9.17) is 0 Å². The normalized spacial score (nSPS) is 21.7. The van der Waals surface area contributed by atoms with E-state index in [-0.39, 0.29) is 11.7 Å². The highest BCUT2D eigenvalue weighted by molar-refractivity contribution is 5.78. The molecule has 4 rings (SSSR count). The molecule has 1 aliphatic carbocycles. The maximum absolute atomic E-state index is 12.4. The third-order valence-electron chi connectivity index (χ3n) is 5.92. The topological polar surface area (TPSA) is 44.8 Å². The van der Waals surface area contributed by atoms with Crippen molar-refractivity contribution >= 4 is 5.91 Å². The van der Waals surface area contributed by atoms with E-state index >= 15 is 0 Å². The molecule has 1 heterocycles. The lowest BCUT2D eigenvalue weighted by molar-refractivity contribution is -0.274. The first-order chi connectivity index (χ1) is 14.8. The summed E-state index contributed by atoms with van der Waals surface area (Å²) < 4.78 is 40.8. The number of hydrogen-bond donors (Lipinski definition) is 1. The highest BCUT2D eigenvalue weighted by Crippen LogP contribution is 2.41. The fourth-order valence-electron chi connectivity index (χ4n) is 3.95. The third kappa shape index (κ3) is 5.77. The van der Waals surface area contributed by atoms with Crippen molar-refractivity contribution in [2.75, 3.05) is 39.8 Å². The van der Waals surface area contributed by atoms with Gasteiger partial charge in [-0.05, 0) is 42.3 Å². The minimum absolute atomic E-state index is 0.159. The van der Waals surface area contributed by atoms with Crippen LogP contribution < -0.4 is 10.1 Å². The first kappa shape index (κ1) is 21.6. The number of hydrogen-bond acceptors (Lipinski definition) is 4. The van der Waals surface area contributed by atoms with Crippen LogP contribution in [0.1, 0.15) is 17.9 Å². The maximum Gasteiger partial charge on any atom is 0.573 e. The van der Waals surface area contributed by atoms with Crippen molar-refractivity contribution in [1.82, 2.24) is 15.1 Å². The molecule has 2 aliphatic rings. The quantitative estimate of drug-likeness (QED) is 0.758. The Bertz CT molecular complexity index is 892. The minimum Gasteiger partial charge on any atom is -0.406 e. The molecule has 31 heavy (non-hydrogen) atoms. The van der Waals surface area contributed by atoms with Gasteiger partial charge in [-0.25, -0.2) is 0 Å². The Morgan fingerprint density at radius 2 is 1.58 bits per heavy atom. The predicted octanol–water partition coefficient (Wildman–Crippen LogP) is 3.47. The summed E-state index contributed by atoms with van der Waals surface area (Å²) in [4.78, 5) is 16.5. The van der Waals surface area contributed by atoms with Gasteiger partial charge in [0.05, 0.1) is 6.54 Å². The second kappa shape index (κ2) is 8.88. The van der Waals surface area contributed by atoms with Crippen LogP contribution in [0.2, 0.25) is 0 Å². The molecule has 0 spiro atoms. The van der Waals surface area contributed by atoms with E-state index in [0.29, 0.717) is 18.5 Å². The Hall–Kier alpha value is -2.58. The lowest BCUT2D eigenvalue weighted by atomic mass is 10.0. The van der Waals surface area contributed by atoms with Crippen molar-refractivity contribution in [1.29, 1.82) is 0 Å². The Kier molecular flexibility index (Phi) is 6.20. The summed E-state index contributed by atoms with van der Waals surface area (Å²) in [6.07, 6.45) is -3.69. The largest absolute Gasteiger partial charge is 0.573 e. The molecule has 1 N–H and O–H groups in total. The summed E-state index contributed by atoms with van der Waals surface area (Å²) in [5.41, 5.74) is 2.95. The Morgan fingerprint density at radius 3 is 2.16 bits per heavy atom. The van der Waals surface area contributed by atoms with Crippen LogP contribution in [0, 0.1) is 0 Å². The Labute approximate surface area is 179 Å². The summed E-state index contributed by atoms with van der Waals surface area (Å²) in [6.45, 7) is 3.78. The molecular weight excluding hydrogens is 407 g/mol. The van der Waals surface area contributed by atoms with Gasteiger partial charge < -0.3 is 19.9 Å². The number of halogens is 3. The summed E-state index contributed by atoms with van der Waals surface area (Å²) >= 11 is 0. The van der Waals surface area contributed by atoms with Crippen LogP contribution >= 0.6 is 0 Å². The van der Waals surface area contributed by atoms with Crippen molar-refractivity contribution in [2.45, 2.75) is 24.7 Å². The Morgan fingerprint density at radius 1 is 1.00 bits per heavy atom. The van der Waals surface area contributed by atoms with Crippen molar-refractivity contribution < 1.29 is 22.7 Å². The zero-order chi connectivity index (χ0) is 22.0. The van der Waals surface area contributed by atoms with Gasteiger partial charge >= 0.3 is 6.36 Å². The smallest absolute Gasteiger partial charge is 0.406 e. The molecule has 1 amide bonds. The second-order valence-electron chi connectivity index (χ2n) is 8.21. The number of benzene rings is 2. The standard InChI is InChI=1S/C23H26F3N3O2/c1-28-10-12-29(13-11-28)22(30)15-27-21-14-20(21)18-4-2-16(3-5-18)17-6-8-19(9-7-17)31-23(24,25)26/h2-9,20-21,27H,10-15H2,1H3/t20-,21+/m1/s1. The molecule has 2 aromatic carbocycles. The van der Waals surface area contributed by atoms with Crippen molar-refractivity contribution in [3.05, 3.63) is 54.1 Å². The van der Waals surface area contributed by atoms with Crippen LogP contribution in [-0.2, 0) is 4.79 Å². The summed E-state index contributed by atoms with van der Waals surface area (Å²) in [5, 5.41) is 3.37. The first-order valence-electron chi connectivity index (χ1n) is 10.4. The molecule has 5 nitrogen and oxygen atoms in total. The van der Waals surface area contributed by atoms with E-state index in [2.05, 4.69) is 22.0 Å². The average Bonchev–Trinajstić information content (AvgIpc) is 3.52. The van der Waals surface area contributed by atoms with Gasteiger partial charge in [0, 0.05) is 38.1 Å². The molecule has 0 bridgehead atoms. The van der Waals surface area contributed by atoms with E-state index in [1.807, 2.05) is 29.2 Å². The maximum atomic E-state index is 12.4. The van der Waals surface area contributed by atoms with E-state index in [0.717, 1.165) is 43.7 Å². The Balaban J connectivity index is 1.27. The monoisotopic (exact) mass is 433 g/mol. The molecule has 1 saturated heterocycles. The highest BCUT2D eigenvalue weighted by atomic mass is 19.4. The number of piperazine rings is 1. The predicted molar refractivity (Wildman–Crippen MR) is 112 cm³/mol. The minimum atomic E-state index is -4.69. The summed E-state index contributed by atoms with van der Waals surface area (Å²) in [7, 11) is 2.07. The zero-order valence-electron chi connectivity index (χ0n) is 17.4. The van der Waals surface area contributed by atoms with E-state index in [9.17, 15) is 18.0 Å². The van der Waals surface area contributed by atoms with Crippen LogP contribution in [0.15, 0.2) is 48.5 Å². The molecule has 0 unspecified atom stereocenters. The summed E-state index contributed by atoms with van der Waals surface area (Å²) in [5.74, 6) is 0.315. The molecule has 2 aromatic rings. The molecule has 8 heteroatoms. The van der Waals surface area contributed by atoms with Gasteiger partial charge in [-0.2, -0.15) is 0 Å². The van der Waals surface area contributed by atoms with E-state index in [1.54, 1.807) is 12.1 Å². The van der Waals surface area contributed by atoms with Crippen molar-refractivity contribution in [3.8, 4) is 16.9 Å². The SMILES string of the molecule is CN1CCN(C(=O)CN[C@H]2C[C@@H]2c2ccc(-c3ccc(OC(F)(F)F)cc3)cc2)CC1. The van der Waals surface area contributed by atoms with Gasteiger partial charge in [0.1, 0.15) is 5.75 Å². The van der Waals surface area contributed by atoms with Gasteiger partial charge in [-0.15, -0.1) is 13.2 Å². The summed E-state index contributed by atoms with van der Waals surface area (Å²) in [6, 6.07) is 14.2. The van der Waals surface area contributed by atoms with Crippen molar-refractivity contribution in [2.24, 2.45) is 0 Å². The average molecular weight is 433 g/mol. The number of carbonyl (C=O) groups excluding carboxylic acids is 1. The van der Waals surface area contributed by atoms with E-state index in [1.165, 1.54) is 17.7 Å². The number of rotatable bonds is 6. The number of nitrogens with zero attached hydrogens (tertiary/aromatic N) is 2. The van der Waals surface area contributed by atoms with Crippen LogP contribution in [0.5, 0.6) is 5.75 Å². The van der Waals surface area contributed by atoms with Crippen molar-refractivity contribution in [3.63, 3.8) is 0 Å². The van der Waals surface area contributed by atoms with Gasteiger partial charge in [-0.3, -0.25) is 4.79 Å². The molecule has 166 valence electrons. The number of ether oxygens (including phenoxy) is 1. The molecule has 0 radical (unpaired) electrons. The first-order valence-corrected chi connectivity index (χ1v) is 10.4. The molecule has 2 atom stereocenters. The van der Waals surface area contributed by atoms with Crippen LogP contribution in [0.3, 0.4) is 0 Å². The fourth-order valence-corrected chi connectivity index (χ4v) is 3.95. The third-order valence-corrected chi connectivity index (χ3v) is 5.92. The number of alkyl halides is 3. The molecule has 2 fully saturated rings. The fraction of sp³-hybridized carbons (Fsp3) is 0.435. The second-order valence-corrected chi connectivity index (χ2v) is 8.21. The molecule has 0 aromatic heterocycles. The molecule has 1 saturated carbocycles. The van der Waals surface area contributed by atoms with Gasteiger partial charge in [0.25, 0.3) is 0 Å². The molecule has 1 aliphatic heterocycles. The number of likely N-dealkylation sites (N-methyl/N-ethyl adjacent to an activating group) is 1. The molecular formula is C23H26F3N3O2. The number of carbonyl (C=O) groups is 1. The van der Waals surface area contributed by atoms with Gasteiger partial charge in [-0.1, -0.05) is 36.4 Å². The highest BCUT2D eigenvalue weighted by Gasteiger charge is 2.38. The van der Waals surface area contributed by atoms with Crippen LogP contribution in [0.25, 0.3) is 11.1 Å². The number of nitrogens with one attached hydrogen (secondary N) is 1. The number of amides is 1.